The Morgan fingerprint density at radius 3 is 2.79 bits per heavy atom. The minimum absolute atomic E-state index is 0.289. The average molecular weight is 446 g/mol. The number of halogens is 1. The number of fused-ring (bicyclic) bond motifs is 7. The van der Waals surface area contributed by atoms with E-state index in [-0.39, 0.29) is 11.6 Å². The second-order valence-corrected chi connectivity index (χ2v) is 8.81. The Bertz CT molecular complexity index is 1370. The zero-order valence-corrected chi connectivity index (χ0v) is 18.5. The van der Waals surface area contributed by atoms with E-state index in [4.69, 9.17) is 15.6 Å². The fourth-order valence-electron chi connectivity index (χ4n) is 4.73. The van der Waals surface area contributed by atoms with Crippen LogP contribution in [0.1, 0.15) is 55.2 Å². The first-order chi connectivity index (χ1) is 16.0. The molecule has 0 radical (unpaired) electrons. The van der Waals surface area contributed by atoms with Gasteiger partial charge in [-0.2, -0.15) is 20.1 Å². The Hall–Kier alpha value is -3.75. The second-order valence-electron chi connectivity index (χ2n) is 8.81. The monoisotopic (exact) mass is 445 g/mol. The molecule has 0 saturated heterocycles. The molecule has 33 heavy (non-hydrogen) atoms. The molecule has 2 N–H and O–H groups in total. The number of hydrogen-bond acceptors (Lipinski definition) is 6. The lowest BCUT2D eigenvalue weighted by atomic mass is 9.92. The summed E-state index contributed by atoms with van der Waals surface area (Å²) < 4.78 is 22.6. The molecule has 1 aliphatic carbocycles. The number of nitrogens with zero attached hydrogens (tertiary/aromatic N) is 6. The number of aromatic nitrogens is 6. The summed E-state index contributed by atoms with van der Waals surface area (Å²) in [6.45, 7) is 1.87. The van der Waals surface area contributed by atoms with Gasteiger partial charge in [-0.3, -0.25) is 4.68 Å². The molecule has 168 valence electrons. The third-order valence-corrected chi connectivity index (χ3v) is 6.60. The predicted octanol–water partition coefficient (Wildman–Crippen LogP) is 4.23. The van der Waals surface area contributed by atoms with Crippen molar-refractivity contribution in [2.24, 2.45) is 7.05 Å². The van der Waals surface area contributed by atoms with E-state index in [0.29, 0.717) is 29.5 Å². The molecule has 9 heteroatoms. The summed E-state index contributed by atoms with van der Waals surface area (Å²) in [4.78, 5) is 5.97. The quantitative estimate of drug-likeness (QED) is 0.471. The van der Waals surface area contributed by atoms with Crippen LogP contribution in [-0.2, 0) is 13.5 Å². The first kappa shape index (κ1) is 19.9. The van der Waals surface area contributed by atoms with Crippen molar-refractivity contribution in [3.05, 3.63) is 59.3 Å². The zero-order valence-electron chi connectivity index (χ0n) is 18.5. The van der Waals surface area contributed by atoms with E-state index in [1.165, 1.54) is 18.6 Å². The number of nitrogen functional groups attached to an aromatic ring is 1. The van der Waals surface area contributed by atoms with E-state index in [1.807, 2.05) is 19.2 Å². The van der Waals surface area contributed by atoms with Gasteiger partial charge in [0.25, 0.3) is 0 Å². The number of hydrogen-bond donors (Lipinski definition) is 1. The summed E-state index contributed by atoms with van der Waals surface area (Å²) in [6.07, 6.45) is 7.13. The van der Waals surface area contributed by atoms with Gasteiger partial charge in [0.15, 0.2) is 11.6 Å². The highest BCUT2D eigenvalue weighted by Gasteiger charge is 2.28. The van der Waals surface area contributed by atoms with Crippen LogP contribution in [-0.4, -0.2) is 29.8 Å². The van der Waals surface area contributed by atoms with Gasteiger partial charge < -0.3 is 10.5 Å². The summed E-state index contributed by atoms with van der Waals surface area (Å²) in [6, 6.07) is 6.93. The summed E-state index contributed by atoms with van der Waals surface area (Å²) >= 11 is 0. The van der Waals surface area contributed by atoms with Crippen LogP contribution in [0.15, 0.2) is 36.7 Å². The van der Waals surface area contributed by atoms with Crippen LogP contribution >= 0.6 is 0 Å². The highest BCUT2D eigenvalue weighted by molar-refractivity contribution is 5.71. The highest BCUT2D eigenvalue weighted by Crippen LogP contribution is 2.40. The van der Waals surface area contributed by atoms with Gasteiger partial charge in [-0.25, -0.2) is 9.37 Å². The smallest absolute Gasteiger partial charge is 0.166 e. The number of ether oxygens (including phenoxy) is 1. The Morgan fingerprint density at radius 2 is 2.00 bits per heavy atom. The first-order valence-corrected chi connectivity index (χ1v) is 11.2. The molecular formula is C24H24FN7O. The molecule has 2 bridgehead atoms. The maximum Gasteiger partial charge on any atom is 0.166 e. The van der Waals surface area contributed by atoms with Crippen LogP contribution in [0.5, 0.6) is 5.75 Å². The fraction of sp³-hybridized carbons (Fsp3) is 0.333. The van der Waals surface area contributed by atoms with Crippen molar-refractivity contribution >= 4 is 5.82 Å². The van der Waals surface area contributed by atoms with Crippen LogP contribution in [0.4, 0.5) is 10.2 Å². The van der Waals surface area contributed by atoms with E-state index in [1.54, 1.807) is 24.1 Å². The summed E-state index contributed by atoms with van der Waals surface area (Å²) in [5.41, 5.74) is 12.1. The summed E-state index contributed by atoms with van der Waals surface area (Å²) in [7, 11) is 1.79. The van der Waals surface area contributed by atoms with Crippen molar-refractivity contribution < 1.29 is 9.13 Å². The van der Waals surface area contributed by atoms with Gasteiger partial charge in [-0.05, 0) is 50.5 Å². The molecule has 0 amide bonds. The highest BCUT2D eigenvalue weighted by atomic mass is 19.1. The molecule has 4 aromatic rings. The fourth-order valence-corrected chi connectivity index (χ4v) is 4.73. The van der Waals surface area contributed by atoms with Crippen molar-refractivity contribution in [2.45, 2.75) is 44.8 Å². The molecule has 0 unspecified atom stereocenters. The Morgan fingerprint density at radius 1 is 1.15 bits per heavy atom. The second kappa shape index (κ2) is 7.40. The number of anilines is 1. The van der Waals surface area contributed by atoms with Crippen LogP contribution in [0.3, 0.4) is 0 Å². The molecule has 1 aromatic carbocycles. The van der Waals surface area contributed by atoms with Gasteiger partial charge >= 0.3 is 0 Å². The minimum atomic E-state index is -0.486. The van der Waals surface area contributed by atoms with Crippen molar-refractivity contribution in [1.29, 1.82) is 0 Å². The average Bonchev–Trinajstić information content (AvgIpc) is 3.31. The van der Waals surface area contributed by atoms with E-state index in [2.05, 4.69) is 19.9 Å². The van der Waals surface area contributed by atoms with E-state index in [9.17, 15) is 4.39 Å². The minimum Gasteiger partial charge on any atom is -0.482 e. The molecule has 1 saturated carbocycles. The molecule has 6 rings (SSSR count). The Balaban J connectivity index is 1.62. The van der Waals surface area contributed by atoms with Crippen LogP contribution < -0.4 is 10.5 Å². The standard InChI is InChI=1S/C24H24FN7O/c1-13-19-10-16(25)6-7-18(19)22-20(29-31(2)30-22)8-14-12-28-32(17-4-3-5-17)23(14)15-9-21(33-13)24(26)27-11-15/h6-7,9-13,17H,3-5,8H2,1-2H3,(H2,26,27)/t13-/m1/s1. The zero-order chi connectivity index (χ0) is 22.7. The molecule has 8 nitrogen and oxygen atoms in total. The molecular weight excluding hydrogens is 421 g/mol. The van der Waals surface area contributed by atoms with Crippen molar-refractivity contribution in [3.63, 3.8) is 0 Å². The number of rotatable bonds is 1. The maximum absolute atomic E-state index is 14.3. The van der Waals surface area contributed by atoms with Gasteiger partial charge in [-0.15, -0.1) is 0 Å². The topological polar surface area (TPSA) is 96.7 Å². The van der Waals surface area contributed by atoms with Crippen molar-refractivity contribution in [1.82, 2.24) is 29.8 Å². The lowest BCUT2D eigenvalue weighted by Crippen LogP contribution is -2.19. The van der Waals surface area contributed by atoms with E-state index < -0.39 is 6.10 Å². The third kappa shape index (κ3) is 3.26. The lowest BCUT2D eigenvalue weighted by Gasteiger charge is -2.28. The maximum atomic E-state index is 14.3. The van der Waals surface area contributed by atoms with Crippen LogP contribution in [0.2, 0.25) is 0 Å². The number of pyridine rings is 1. The number of benzene rings is 1. The third-order valence-electron chi connectivity index (χ3n) is 6.60. The van der Waals surface area contributed by atoms with Crippen molar-refractivity contribution in [3.8, 4) is 28.3 Å². The molecule has 1 fully saturated rings. The molecule has 2 aliphatic rings. The van der Waals surface area contributed by atoms with E-state index in [0.717, 1.165) is 40.9 Å². The lowest BCUT2D eigenvalue weighted by molar-refractivity contribution is 0.227. The molecule has 3 aromatic heterocycles. The number of nitrogens with two attached hydrogens (primary N) is 1. The Labute approximate surface area is 190 Å². The summed E-state index contributed by atoms with van der Waals surface area (Å²) in [5.74, 6) is 0.408. The molecule has 0 spiro atoms. The van der Waals surface area contributed by atoms with Gasteiger partial charge in [0.2, 0.25) is 0 Å². The summed E-state index contributed by atoms with van der Waals surface area (Å²) in [5, 5.41) is 14.0. The van der Waals surface area contributed by atoms with Gasteiger partial charge in [0.1, 0.15) is 17.6 Å². The predicted molar refractivity (Wildman–Crippen MR) is 121 cm³/mol. The molecule has 1 atom stereocenters. The van der Waals surface area contributed by atoms with E-state index >= 15 is 0 Å². The number of aryl methyl sites for hydroxylation is 1. The largest absolute Gasteiger partial charge is 0.482 e. The van der Waals surface area contributed by atoms with Gasteiger partial charge in [-0.1, -0.05) is 0 Å². The normalized spacial score (nSPS) is 17.6. The first-order valence-electron chi connectivity index (χ1n) is 11.2. The van der Waals surface area contributed by atoms with Crippen molar-refractivity contribution in [2.75, 3.05) is 5.73 Å². The van der Waals surface area contributed by atoms with Crippen LogP contribution in [0, 0.1) is 5.82 Å². The van der Waals surface area contributed by atoms with Crippen LogP contribution in [0.25, 0.3) is 22.5 Å². The molecule has 1 aliphatic heterocycles. The van der Waals surface area contributed by atoms with Gasteiger partial charge in [0.05, 0.1) is 23.6 Å². The SMILES string of the molecule is C[C@H]1Oc2cc(cnc2N)-c2c(cnn2C2CCC2)Cc2nn(C)nc2-c2ccc(F)cc21. The van der Waals surface area contributed by atoms with Gasteiger partial charge in [0, 0.05) is 41.9 Å². The molecule has 4 heterocycles. The Kier molecular flexibility index (Phi) is 4.46.